The monoisotopic (exact) mass is 557 g/mol. The molecule has 2 N–H and O–H groups in total. The molecule has 0 spiro atoms. The Kier molecular flexibility index (Phi) is 8.70. The van der Waals surface area contributed by atoms with E-state index in [1.165, 1.54) is 4.88 Å². The van der Waals surface area contributed by atoms with Crippen LogP contribution >= 0.6 is 34.5 Å². The lowest BCUT2D eigenvalue weighted by Gasteiger charge is -2.27. The summed E-state index contributed by atoms with van der Waals surface area (Å²) in [5.74, 6) is 0.487. The van der Waals surface area contributed by atoms with Gasteiger partial charge >= 0.3 is 0 Å². The van der Waals surface area contributed by atoms with Crippen LogP contribution in [0.4, 0.5) is 0 Å². The van der Waals surface area contributed by atoms with Crippen molar-refractivity contribution in [3.63, 3.8) is 0 Å². The van der Waals surface area contributed by atoms with Gasteiger partial charge in [-0.25, -0.2) is 4.98 Å². The van der Waals surface area contributed by atoms with Crippen LogP contribution in [0, 0.1) is 0 Å². The van der Waals surface area contributed by atoms with Gasteiger partial charge in [-0.3, -0.25) is 4.79 Å². The van der Waals surface area contributed by atoms with Crippen molar-refractivity contribution in [3.05, 3.63) is 85.8 Å². The van der Waals surface area contributed by atoms with E-state index in [1.807, 2.05) is 12.1 Å². The zero-order valence-corrected chi connectivity index (χ0v) is 23.0. The Balaban J connectivity index is 1.65. The van der Waals surface area contributed by atoms with Gasteiger partial charge in [0.1, 0.15) is 17.6 Å². The van der Waals surface area contributed by atoms with Crippen molar-refractivity contribution in [1.29, 1.82) is 0 Å². The minimum Gasteiger partial charge on any atom is -0.393 e. The van der Waals surface area contributed by atoms with Crippen LogP contribution < -0.4 is 5.32 Å². The number of aliphatic hydroxyl groups excluding tert-OH is 1. The summed E-state index contributed by atoms with van der Waals surface area (Å²) in [7, 11) is 0. The highest BCUT2D eigenvalue weighted by Crippen LogP contribution is 2.29. The second kappa shape index (κ2) is 11.8. The third-order valence-electron chi connectivity index (χ3n) is 6.62. The number of nitrogens with one attached hydrogen (secondary N) is 1. The van der Waals surface area contributed by atoms with E-state index in [4.69, 9.17) is 28.2 Å². The molecule has 9 heteroatoms. The average Bonchev–Trinajstić information content (AvgIpc) is 3.54. The lowest BCUT2D eigenvalue weighted by Crippen LogP contribution is -2.54. The number of aromatic nitrogens is 2. The SMILES string of the molecule is CCC(CC)n1c(Cc2cccs2)nc2cc(C(=O)N[C@@](C=O)(CO)Cc3ccc(Cl)c(Cl)c3)ccc21. The van der Waals surface area contributed by atoms with Gasteiger partial charge in [-0.05, 0) is 60.2 Å². The second-order valence-electron chi connectivity index (χ2n) is 9.14. The standard InChI is InChI=1S/C28H29Cl2N3O3S/c1-3-20(4-2)33-25-10-8-19(13-24(25)31-26(33)14-21-6-5-11-37-21)27(36)32-28(16-34,17-35)15-18-7-9-22(29)23(30)12-18/h5-13,16,20,35H,3-4,14-15,17H2,1-2H3,(H,32,36)/t28-/m0/s1. The summed E-state index contributed by atoms with van der Waals surface area (Å²) < 4.78 is 2.28. The third kappa shape index (κ3) is 5.91. The Hall–Kier alpha value is -2.71. The van der Waals surface area contributed by atoms with Crippen molar-refractivity contribution >= 4 is 57.8 Å². The van der Waals surface area contributed by atoms with E-state index in [1.54, 1.807) is 41.7 Å². The zero-order valence-electron chi connectivity index (χ0n) is 20.7. The van der Waals surface area contributed by atoms with Gasteiger partial charge in [-0.1, -0.05) is 49.2 Å². The number of benzene rings is 2. The van der Waals surface area contributed by atoms with Crippen LogP contribution in [0.25, 0.3) is 11.0 Å². The highest BCUT2D eigenvalue weighted by molar-refractivity contribution is 7.09. The molecule has 0 bridgehead atoms. The smallest absolute Gasteiger partial charge is 0.252 e. The lowest BCUT2D eigenvalue weighted by molar-refractivity contribution is -0.114. The molecule has 0 fully saturated rings. The minimum atomic E-state index is -1.51. The van der Waals surface area contributed by atoms with Gasteiger partial charge in [0.25, 0.3) is 5.91 Å². The summed E-state index contributed by atoms with van der Waals surface area (Å²) in [4.78, 5) is 31.5. The molecule has 4 aromatic rings. The summed E-state index contributed by atoms with van der Waals surface area (Å²) in [5, 5.41) is 15.6. The van der Waals surface area contributed by atoms with Gasteiger partial charge in [-0.15, -0.1) is 11.3 Å². The Morgan fingerprint density at radius 1 is 1.16 bits per heavy atom. The number of imidazole rings is 1. The number of hydrogen-bond donors (Lipinski definition) is 2. The Morgan fingerprint density at radius 2 is 1.95 bits per heavy atom. The van der Waals surface area contributed by atoms with E-state index in [2.05, 4.69) is 35.2 Å². The first-order valence-electron chi connectivity index (χ1n) is 12.2. The fraction of sp³-hybridized carbons (Fsp3) is 0.321. The van der Waals surface area contributed by atoms with Crippen LogP contribution in [0.1, 0.15) is 59.4 Å². The number of amides is 1. The number of thiophene rings is 1. The zero-order chi connectivity index (χ0) is 26.6. The molecule has 194 valence electrons. The number of aliphatic hydroxyl groups is 1. The van der Waals surface area contributed by atoms with Crippen molar-refractivity contribution in [3.8, 4) is 0 Å². The van der Waals surface area contributed by atoms with Crippen molar-refractivity contribution in [2.24, 2.45) is 0 Å². The maximum absolute atomic E-state index is 13.3. The van der Waals surface area contributed by atoms with Crippen molar-refractivity contribution in [1.82, 2.24) is 14.9 Å². The summed E-state index contributed by atoms with van der Waals surface area (Å²) in [5.41, 5.74) is 1.20. The molecule has 6 nitrogen and oxygen atoms in total. The topological polar surface area (TPSA) is 84.2 Å². The molecule has 4 rings (SSSR count). The molecule has 0 aliphatic carbocycles. The quantitative estimate of drug-likeness (QED) is 0.213. The fourth-order valence-electron chi connectivity index (χ4n) is 4.60. The largest absolute Gasteiger partial charge is 0.393 e. The summed E-state index contributed by atoms with van der Waals surface area (Å²) in [6.45, 7) is 3.76. The van der Waals surface area contributed by atoms with E-state index >= 15 is 0 Å². The number of halogens is 2. The maximum atomic E-state index is 13.3. The first-order chi connectivity index (χ1) is 17.8. The van der Waals surface area contributed by atoms with E-state index in [0.29, 0.717) is 39.9 Å². The van der Waals surface area contributed by atoms with Gasteiger partial charge in [-0.2, -0.15) is 0 Å². The molecule has 0 saturated heterocycles. The first kappa shape index (κ1) is 27.3. The van der Waals surface area contributed by atoms with E-state index < -0.39 is 18.1 Å². The van der Waals surface area contributed by atoms with E-state index in [9.17, 15) is 14.7 Å². The average molecular weight is 559 g/mol. The molecule has 0 aliphatic rings. The van der Waals surface area contributed by atoms with E-state index in [-0.39, 0.29) is 6.42 Å². The van der Waals surface area contributed by atoms with Crippen LogP contribution in [0.5, 0.6) is 0 Å². The second-order valence-corrected chi connectivity index (χ2v) is 11.0. The molecule has 0 radical (unpaired) electrons. The molecule has 0 unspecified atom stereocenters. The predicted molar refractivity (Wildman–Crippen MR) is 150 cm³/mol. The summed E-state index contributed by atoms with van der Waals surface area (Å²) >= 11 is 13.8. The lowest BCUT2D eigenvalue weighted by atomic mass is 9.92. The number of carbonyl (C=O) groups excluding carboxylic acids is 2. The van der Waals surface area contributed by atoms with Gasteiger partial charge in [0.2, 0.25) is 0 Å². The summed E-state index contributed by atoms with van der Waals surface area (Å²) in [6, 6.07) is 14.8. The molecule has 1 amide bonds. The maximum Gasteiger partial charge on any atom is 0.252 e. The van der Waals surface area contributed by atoms with Crippen LogP contribution in [0.3, 0.4) is 0 Å². The highest BCUT2D eigenvalue weighted by atomic mass is 35.5. The Labute approximate surface area is 230 Å². The predicted octanol–water partition coefficient (Wildman–Crippen LogP) is 6.26. The van der Waals surface area contributed by atoms with Crippen molar-refractivity contribution in [2.75, 3.05) is 6.61 Å². The Bertz CT molecular complexity index is 1400. The Morgan fingerprint density at radius 3 is 2.57 bits per heavy atom. The summed E-state index contributed by atoms with van der Waals surface area (Å²) in [6.07, 6.45) is 3.27. The molecule has 2 aromatic carbocycles. The molecule has 2 heterocycles. The molecule has 1 atom stereocenters. The number of fused-ring (bicyclic) bond motifs is 1. The van der Waals surface area contributed by atoms with Crippen LogP contribution in [-0.2, 0) is 17.6 Å². The normalized spacial score (nSPS) is 13.1. The van der Waals surface area contributed by atoms with Crippen LogP contribution in [0.2, 0.25) is 10.0 Å². The number of carbonyl (C=O) groups is 2. The fourth-order valence-corrected chi connectivity index (χ4v) is 5.63. The molecule has 2 aromatic heterocycles. The molecular formula is C28H29Cl2N3O3S. The van der Waals surface area contributed by atoms with Gasteiger partial charge < -0.3 is 19.8 Å². The minimum absolute atomic E-state index is 0.0616. The number of aldehydes is 1. The van der Waals surface area contributed by atoms with Crippen LogP contribution in [-0.4, -0.2) is 39.0 Å². The van der Waals surface area contributed by atoms with Gasteiger partial charge in [0.15, 0.2) is 0 Å². The van der Waals surface area contributed by atoms with Crippen molar-refractivity contribution in [2.45, 2.75) is 51.1 Å². The molecular weight excluding hydrogens is 529 g/mol. The van der Waals surface area contributed by atoms with E-state index in [0.717, 1.165) is 29.7 Å². The number of rotatable bonds is 11. The molecule has 0 saturated carbocycles. The third-order valence-corrected chi connectivity index (χ3v) is 8.23. The molecule has 0 aliphatic heterocycles. The van der Waals surface area contributed by atoms with Gasteiger partial charge in [0.05, 0.1) is 27.7 Å². The van der Waals surface area contributed by atoms with Crippen molar-refractivity contribution < 1.29 is 14.7 Å². The van der Waals surface area contributed by atoms with Gasteiger partial charge in [0, 0.05) is 29.3 Å². The molecule has 37 heavy (non-hydrogen) atoms. The first-order valence-corrected chi connectivity index (χ1v) is 13.8. The number of hydrogen-bond acceptors (Lipinski definition) is 5. The highest BCUT2D eigenvalue weighted by Gasteiger charge is 2.32. The van der Waals surface area contributed by atoms with Crippen LogP contribution in [0.15, 0.2) is 53.9 Å². The number of nitrogens with zero attached hydrogens (tertiary/aromatic N) is 2.